The summed E-state index contributed by atoms with van der Waals surface area (Å²) in [6.07, 6.45) is -16.3. The normalized spacial score (nSPS) is 52.8. The van der Waals surface area contributed by atoms with Gasteiger partial charge in [0.15, 0.2) is 18.7 Å². The highest BCUT2D eigenvalue weighted by Crippen LogP contribution is 2.45. The van der Waals surface area contributed by atoms with E-state index in [1.165, 1.54) is 0 Å². The van der Waals surface area contributed by atoms with Crippen LogP contribution in [0, 0.1) is 0 Å². The summed E-state index contributed by atoms with van der Waals surface area (Å²) in [7, 11) is 0. The van der Waals surface area contributed by atoms with Gasteiger partial charge in [-0.25, -0.2) is 4.79 Å². The van der Waals surface area contributed by atoms with Crippen molar-refractivity contribution in [3.63, 3.8) is 0 Å². The minimum Gasteiger partial charge on any atom is -0.394 e. The van der Waals surface area contributed by atoms with Crippen molar-refractivity contribution in [2.24, 2.45) is 0 Å². The predicted octanol–water partition coefficient (Wildman–Crippen LogP) is -5.57. The summed E-state index contributed by atoms with van der Waals surface area (Å²) in [6.45, 7) is -2.00. The Morgan fingerprint density at radius 2 is 1.67 bits per heavy atom. The molecule has 156 valence electrons. The Kier molecular flexibility index (Phi) is 5.34. The molecule has 0 radical (unpaired) electrons. The molecular weight excluding hydrogens is 380 g/mol. The Morgan fingerprint density at radius 1 is 1.00 bits per heavy atom. The number of aliphatic hydroxyl groups excluding tert-OH is 7. The molecule has 3 saturated heterocycles. The molecule has 3 rings (SSSR count). The Hall–Kier alpha value is -1.17. The molecule has 0 aliphatic carbocycles. The molecule has 0 aromatic carbocycles. The third-order valence-corrected chi connectivity index (χ3v) is 4.68. The minimum atomic E-state index is -2.97. The second-order valence-corrected chi connectivity index (χ2v) is 6.31. The molecule has 27 heavy (non-hydrogen) atoms. The zero-order valence-electron chi connectivity index (χ0n) is 13.6. The highest BCUT2D eigenvalue weighted by atomic mass is 16.9. The number of hydrogen-bond acceptors (Lipinski definition) is 14. The lowest BCUT2D eigenvalue weighted by Gasteiger charge is -2.49. The van der Waals surface area contributed by atoms with Crippen LogP contribution in [0.5, 0.6) is 0 Å². The second-order valence-electron chi connectivity index (χ2n) is 6.31. The third kappa shape index (κ3) is 2.99. The molecule has 8 N–H and O–H groups in total. The molecule has 3 fully saturated rings. The average Bonchev–Trinajstić information content (AvgIpc) is 2.90. The fourth-order valence-corrected chi connectivity index (χ4v) is 3.15. The zero-order valence-corrected chi connectivity index (χ0v) is 13.6. The second kappa shape index (κ2) is 7.02. The van der Waals surface area contributed by atoms with Crippen molar-refractivity contribution in [2.75, 3.05) is 13.2 Å². The molecule has 14 heteroatoms. The van der Waals surface area contributed by atoms with Crippen molar-refractivity contribution in [3.05, 3.63) is 0 Å². The van der Waals surface area contributed by atoms with Crippen LogP contribution in [0.25, 0.3) is 0 Å². The van der Waals surface area contributed by atoms with Crippen LogP contribution in [0.1, 0.15) is 0 Å². The number of aliphatic hydroxyl groups is 8. The van der Waals surface area contributed by atoms with Gasteiger partial charge in [-0.1, -0.05) is 0 Å². The van der Waals surface area contributed by atoms with E-state index in [1.54, 1.807) is 0 Å². The number of hydrogen-bond donors (Lipinski definition) is 8. The first-order chi connectivity index (χ1) is 12.6. The Bertz CT molecular complexity index is 571. The van der Waals surface area contributed by atoms with Crippen molar-refractivity contribution in [2.45, 2.75) is 60.8 Å². The highest BCUT2D eigenvalue weighted by Gasteiger charge is 2.74. The van der Waals surface area contributed by atoms with Crippen LogP contribution in [0.15, 0.2) is 0 Å². The van der Waals surface area contributed by atoms with Crippen LogP contribution in [0.2, 0.25) is 0 Å². The van der Waals surface area contributed by atoms with Crippen LogP contribution in [0.4, 0.5) is 4.79 Å². The van der Waals surface area contributed by atoms with E-state index in [0.29, 0.717) is 0 Å². The van der Waals surface area contributed by atoms with Crippen molar-refractivity contribution in [1.82, 2.24) is 0 Å². The standard InChI is InChI=1S/C13H20O14/c14-1-3-7(4(16)5(17)9(20)23-3)24-10-6(18)8(19)13(22)12(2-15,25-10)26-11(21)27-13/h3-10,14-20,22H,1-2H2/t3-,4-,5-,6-,7-,8+,9-,10+,12-,13-/m1/s1. The fourth-order valence-electron chi connectivity index (χ4n) is 3.15. The molecule has 0 saturated carbocycles. The summed E-state index contributed by atoms with van der Waals surface area (Å²) in [6, 6.07) is 0. The van der Waals surface area contributed by atoms with E-state index in [-0.39, 0.29) is 0 Å². The van der Waals surface area contributed by atoms with Crippen LogP contribution in [-0.2, 0) is 23.7 Å². The van der Waals surface area contributed by atoms with E-state index in [2.05, 4.69) is 9.47 Å². The van der Waals surface area contributed by atoms with Gasteiger partial charge in [0.05, 0.1) is 6.61 Å². The molecule has 3 heterocycles. The summed E-state index contributed by atoms with van der Waals surface area (Å²) < 4.78 is 24.3. The summed E-state index contributed by atoms with van der Waals surface area (Å²) in [5.74, 6) is -5.63. The first-order valence-electron chi connectivity index (χ1n) is 7.85. The molecule has 0 spiro atoms. The van der Waals surface area contributed by atoms with Crippen LogP contribution >= 0.6 is 0 Å². The maximum absolute atomic E-state index is 11.4. The van der Waals surface area contributed by atoms with Gasteiger partial charge in [-0.3, -0.25) is 0 Å². The third-order valence-electron chi connectivity index (χ3n) is 4.68. The maximum atomic E-state index is 11.4. The molecule has 3 aliphatic heterocycles. The lowest BCUT2D eigenvalue weighted by atomic mass is 9.92. The first kappa shape index (κ1) is 20.6. The number of rotatable bonds is 4. The van der Waals surface area contributed by atoms with E-state index in [1.807, 2.05) is 0 Å². The summed E-state index contributed by atoms with van der Waals surface area (Å²) in [5.41, 5.74) is 0. The number of fused-ring (bicyclic) bond motifs is 1. The van der Waals surface area contributed by atoms with E-state index in [9.17, 15) is 45.6 Å². The minimum absolute atomic E-state index is 0.788. The van der Waals surface area contributed by atoms with Crippen molar-refractivity contribution in [3.8, 4) is 0 Å². The van der Waals surface area contributed by atoms with Gasteiger partial charge in [0.2, 0.25) is 0 Å². The van der Waals surface area contributed by atoms with E-state index in [0.717, 1.165) is 0 Å². The summed E-state index contributed by atoms with van der Waals surface area (Å²) >= 11 is 0. The van der Waals surface area contributed by atoms with Gasteiger partial charge in [-0.2, -0.15) is 0 Å². The Balaban J connectivity index is 1.85. The Labute approximate surface area is 150 Å². The van der Waals surface area contributed by atoms with E-state index < -0.39 is 80.1 Å². The highest BCUT2D eigenvalue weighted by molar-refractivity contribution is 5.64. The number of ether oxygens (including phenoxy) is 5. The molecule has 0 aromatic heterocycles. The van der Waals surface area contributed by atoms with Crippen molar-refractivity contribution < 1.29 is 69.3 Å². The van der Waals surface area contributed by atoms with Crippen molar-refractivity contribution in [1.29, 1.82) is 0 Å². The fraction of sp³-hybridized carbons (Fsp3) is 0.923. The van der Waals surface area contributed by atoms with Crippen LogP contribution in [0.3, 0.4) is 0 Å². The average molecular weight is 400 g/mol. The Morgan fingerprint density at radius 3 is 2.26 bits per heavy atom. The lowest BCUT2D eigenvalue weighted by Crippen LogP contribution is -2.73. The molecular formula is C13H20O14. The summed E-state index contributed by atoms with van der Waals surface area (Å²) in [4.78, 5) is 11.4. The molecule has 0 unspecified atom stereocenters. The van der Waals surface area contributed by atoms with Gasteiger partial charge in [0.1, 0.15) is 37.1 Å². The van der Waals surface area contributed by atoms with Gasteiger partial charge in [-0.05, 0) is 0 Å². The molecule has 0 amide bonds. The maximum Gasteiger partial charge on any atom is 0.514 e. The largest absolute Gasteiger partial charge is 0.514 e. The van der Waals surface area contributed by atoms with Gasteiger partial charge < -0.3 is 64.5 Å². The summed E-state index contributed by atoms with van der Waals surface area (Å²) in [5, 5.41) is 78.7. The molecule has 14 nitrogen and oxygen atoms in total. The molecule has 0 aromatic rings. The number of carbonyl (C=O) groups is 1. The van der Waals surface area contributed by atoms with Crippen molar-refractivity contribution >= 4 is 6.16 Å². The molecule has 0 bridgehead atoms. The van der Waals surface area contributed by atoms with E-state index >= 15 is 0 Å². The van der Waals surface area contributed by atoms with Gasteiger partial charge in [0, 0.05) is 0 Å². The molecule has 10 atom stereocenters. The number of carbonyl (C=O) groups excluding carboxylic acids is 1. The van der Waals surface area contributed by atoms with E-state index in [4.69, 9.17) is 14.2 Å². The predicted molar refractivity (Wildman–Crippen MR) is 74.1 cm³/mol. The smallest absolute Gasteiger partial charge is 0.394 e. The SMILES string of the molecule is O=C1O[C@@]2(CO)O[C@H](O[C@H]3[C@H](O)[C@@H](O)[C@H](O)O[C@@H]3CO)[C@H](O)[C@H](O)[C@@]2(O)O1. The van der Waals surface area contributed by atoms with Crippen LogP contribution in [-0.4, -0.2) is 121 Å². The topological polar surface area (TPSA) is 225 Å². The molecule has 3 aliphatic rings. The van der Waals surface area contributed by atoms with Gasteiger partial charge >= 0.3 is 17.7 Å². The van der Waals surface area contributed by atoms with Gasteiger partial charge in [-0.15, -0.1) is 0 Å². The van der Waals surface area contributed by atoms with Gasteiger partial charge in [0.25, 0.3) is 0 Å². The first-order valence-corrected chi connectivity index (χ1v) is 7.85. The lowest BCUT2D eigenvalue weighted by molar-refractivity contribution is -0.450. The van der Waals surface area contributed by atoms with Crippen LogP contribution < -0.4 is 0 Å². The zero-order chi connectivity index (χ0) is 20.1. The monoisotopic (exact) mass is 400 g/mol. The quantitative estimate of drug-likeness (QED) is 0.206.